The first-order chi connectivity index (χ1) is 17.7. The molecule has 1 amide bonds. The SMILES string of the molecule is O=C(c1ccc2c(c1)[C@@H]1[C@H]3CC[C@@H](C3)[C@H]1[C@H](c1ccccc1)N2)N1CCC(Cc2ccccc2)CC1. The molecular formula is C33H36N2O. The van der Waals surface area contributed by atoms with E-state index < -0.39 is 0 Å². The maximum absolute atomic E-state index is 13.6. The number of anilines is 1. The van der Waals surface area contributed by atoms with E-state index in [2.05, 4.69) is 89.1 Å². The molecule has 184 valence electrons. The number of piperidine rings is 1. The predicted octanol–water partition coefficient (Wildman–Crippen LogP) is 7.08. The molecule has 3 aromatic carbocycles. The summed E-state index contributed by atoms with van der Waals surface area (Å²) in [4.78, 5) is 15.7. The Morgan fingerprint density at radius 1 is 0.833 bits per heavy atom. The first-order valence-corrected chi connectivity index (χ1v) is 14.0. The summed E-state index contributed by atoms with van der Waals surface area (Å²) in [5.41, 5.74) is 6.36. The van der Waals surface area contributed by atoms with Gasteiger partial charge in [-0.3, -0.25) is 4.79 Å². The van der Waals surface area contributed by atoms with Crippen LogP contribution in [0.5, 0.6) is 0 Å². The molecule has 36 heavy (non-hydrogen) atoms. The Morgan fingerprint density at radius 2 is 1.56 bits per heavy atom. The van der Waals surface area contributed by atoms with E-state index in [0.29, 0.717) is 23.8 Å². The number of benzene rings is 3. The number of nitrogens with one attached hydrogen (secondary N) is 1. The number of amides is 1. The Morgan fingerprint density at radius 3 is 2.33 bits per heavy atom. The second-order valence-corrected chi connectivity index (χ2v) is 11.7. The molecular weight excluding hydrogens is 440 g/mol. The van der Waals surface area contributed by atoms with Crippen LogP contribution in [0.1, 0.15) is 71.1 Å². The molecule has 5 atom stereocenters. The fourth-order valence-corrected chi connectivity index (χ4v) is 8.08. The zero-order valence-corrected chi connectivity index (χ0v) is 21.0. The van der Waals surface area contributed by atoms with Gasteiger partial charge in [0, 0.05) is 24.3 Å². The number of nitrogens with zero attached hydrogens (tertiary/aromatic N) is 1. The van der Waals surface area contributed by atoms with Gasteiger partial charge in [0.1, 0.15) is 0 Å². The van der Waals surface area contributed by atoms with E-state index in [4.69, 9.17) is 0 Å². The van der Waals surface area contributed by atoms with Crippen LogP contribution in [0.2, 0.25) is 0 Å². The first kappa shape index (κ1) is 22.2. The van der Waals surface area contributed by atoms with Crippen molar-refractivity contribution < 1.29 is 4.79 Å². The topological polar surface area (TPSA) is 32.3 Å². The van der Waals surface area contributed by atoms with Crippen LogP contribution in [0.3, 0.4) is 0 Å². The summed E-state index contributed by atoms with van der Waals surface area (Å²) in [6.45, 7) is 1.75. The Hall–Kier alpha value is -3.07. The third kappa shape index (κ3) is 3.84. The number of carbonyl (C=O) groups is 1. The van der Waals surface area contributed by atoms with Crippen molar-refractivity contribution in [3.63, 3.8) is 0 Å². The number of rotatable bonds is 4. The maximum atomic E-state index is 13.6. The van der Waals surface area contributed by atoms with Crippen molar-refractivity contribution in [2.24, 2.45) is 23.7 Å². The van der Waals surface area contributed by atoms with E-state index in [1.807, 2.05) is 0 Å². The van der Waals surface area contributed by atoms with Crippen molar-refractivity contribution in [3.8, 4) is 0 Å². The minimum Gasteiger partial charge on any atom is -0.378 e. The molecule has 0 spiro atoms. The molecule has 4 aliphatic rings. The minimum absolute atomic E-state index is 0.223. The number of hydrogen-bond acceptors (Lipinski definition) is 2. The molecule has 7 rings (SSSR count). The van der Waals surface area contributed by atoms with Crippen molar-refractivity contribution in [2.45, 2.75) is 50.5 Å². The van der Waals surface area contributed by atoms with E-state index in [9.17, 15) is 4.79 Å². The average molecular weight is 477 g/mol. The van der Waals surface area contributed by atoms with Crippen LogP contribution in [0.4, 0.5) is 5.69 Å². The van der Waals surface area contributed by atoms with E-state index in [1.54, 1.807) is 0 Å². The molecule has 3 aromatic rings. The lowest BCUT2D eigenvalue weighted by Crippen LogP contribution is -2.39. The lowest BCUT2D eigenvalue weighted by atomic mass is 9.68. The van der Waals surface area contributed by atoms with Gasteiger partial charge in [-0.05, 0) is 103 Å². The van der Waals surface area contributed by atoms with Gasteiger partial charge in [-0.2, -0.15) is 0 Å². The summed E-state index contributed by atoms with van der Waals surface area (Å²) in [6, 6.07) is 28.7. The Balaban J connectivity index is 1.10. The van der Waals surface area contributed by atoms with Gasteiger partial charge < -0.3 is 10.2 Å². The standard InChI is InChI=1S/C33H36N2O/c36-33(35-17-15-23(16-18-35)19-22-7-3-1-4-8-22)27-13-14-29-28(21-27)30-25-11-12-26(20-25)31(30)32(34-29)24-9-5-2-6-10-24/h1-10,13-14,21,23,25-26,30-32,34H,11-12,15-20H2/t25-,26-,30-,31+,32-/m0/s1. The van der Waals surface area contributed by atoms with Crippen LogP contribution in [0.15, 0.2) is 78.9 Å². The number of carbonyl (C=O) groups excluding carboxylic acids is 1. The number of hydrogen-bond donors (Lipinski definition) is 1. The molecule has 1 N–H and O–H groups in total. The highest BCUT2D eigenvalue weighted by Gasteiger charge is 2.53. The van der Waals surface area contributed by atoms with Crippen LogP contribution >= 0.6 is 0 Å². The van der Waals surface area contributed by atoms with Crippen LogP contribution in [-0.2, 0) is 6.42 Å². The molecule has 2 aliphatic heterocycles. The highest BCUT2D eigenvalue weighted by molar-refractivity contribution is 5.95. The molecule has 3 fully saturated rings. The third-order valence-corrected chi connectivity index (χ3v) is 9.76. The Kier molecular flexibility index (Phi) is 5.60. The van der Waals surface area contributed by atoms with E-state index in [-0.39, 0.29) is 5.91 Å². The lowest BCUT2D eigenvalue weighted by Gasteiger charge is -2.43. The van der Waals surface area contributed by atoms with Crippen molar-refractivity contribution in [2.75, 3.05) is 18.4 Å². The zero-order chi connectivity index (χ0) is 24.1. The van der Waals surface area contributed by atoms with E-state index >= 15 is 0 Å². The molecule has 0 unspecified atom stereocenters. The van der Waals surface area contributed by atoms with Crippen LogP contribution in [0.25, 0.3) is 0 Å². The van der Waals surface area contributed by atoms with Gasteiger partial charge in [0.25, 0.3) is 5.91 Å². The fourth-order valence-electron chi connectivity index (χ4n) is 8.08. The highest BCUT2D eigenvalue weighted by Crippen LogP contribution is 2.63. The Bertz CT molecular complexity index is 1230. The molecule has 3 nitrogen and oxygen atoms in total. The van der Waals surface area contributed by atoms with Gasteiger partial charge >= 0.3 is 0 Å². The maximum Gasteiger partial charge on any atom is 0.253 e. The molecule has 0 radical (unpaired) electrons. The lowest BCUT2D eigenvalue weighted by molar-refractivity contribution is 0.0690. The first-order valence-electron chi connectivity index (χ1n) is 14.0. The largest absolute Gasteiger partial charge is 0.378 e. The predicted molar refractivity (Wildman–Crippen MR) is 145 cm³/mol. The highest BCUT2D eigenvalue weighted by atomic mass is 16.2. The summed E-state index contributed by atoms with van der Waals surface area (Å²) in [5.74, 6) is 3.68. The summed E-state index contributed by atoms with van der Waals surface area (Å²) in [6.07, 6.45) is 7.39. The second kappa shape index (κ2) is 9.10. The molecule has 2 heterocycles. The van der Waals surface area contributed by atoms with Gasteiger partial charge in [-0.1, -0.05) is 60.7 Å². The van der Waals surface area contributed by atoms with Gasteiger partial charge in [-0.15, -0.1) is 0 Å². The number of fused-ring (bicyclic) bond motifs is 7. The third-order valence-electron chi connectivity index (χ3n) is 9.76. The summed E-state index contributed by atoms with van der Waals surface area (Å²) >= 11 is 0. The second-order valence-electron chi connectivity index (χ2n) is 11.7. The van der Waals surface area contributed by atoms with Crippen LogP contribution < -0.4 is 5.32 Å². The molecule has 2 aliphatic carbocycles. The van der Waals surface area contributed by atoms with Crippen molar-refractivity contribution in [1.29, 1.82) is 0 Å². The molecule has 2 saturated carbocycles. The van der Waals surface area contributed by atoms with Gasteiger partial charge in [0.15, 0.2) is 0 Å². The molecule has 1 saturated heterocycles. The molecule has 0 aromatic heterocycles. The molecule has 3 heteroatoms. The van der Waals surface area contributed by atoms with Gasteiger partial charge in [-0.25, -0.2) is 0 Å². The monoisotopic (exact) mass is 476 g/mol. The van der Waals surface area contributed by atoms with Crippen molar-refractivity contribution in [3.05, 3.63) is 101 Å². The molecule has 2 bridgehead atoms. The average Bonchev–Trinajstić information content (AvgIpc) is 3.57. The summed E-state index contributed by atoms with van der Waals surface area (Å²) in [7, 11) is 0. The van der Waals surface area contributed by atoms with Crippen LogP contribution in [-0.4, -0.2) is 23.9 Å². The summed E-state index contributed by atoms with van der Waals surface area (Å²) < 4.78 is 0. The van der Waals surface area contributed by atoms with Crippen molar-refractivity contribution >= 4 is 11.6 Å². The van der Waals surface area contributed by atoms with Crippen molar-refractivity contribution in [1.82, 2.24) is 4.90 Å². The van der Waals surface area contributed by atoms with Gasteiger partial charge in [0.05, 0.1) is 6.04 Å². The summed E-state index contributed by atoms with van der Waals surface area (Å²) in [5, 5.41) is 3.92. The fraction of sp³-hybridized carbons (Fsp3) is 0.424. The van der Waals surface area contributed by atoms with Crippen LogP contribution in [0, 0.1) is 23.7 Å². The van der Waals surface area contributed by atoms with Gasteiger partial charge in [0.2, 0.25) is 0 Å². The van der Waals surface area contributed by atoms with E-state index in [0.717, 1.165) is 49.8 Å². The van der Waals surface area contributed by atoms with E-state index in [1.165, 1.54) is 41.6 Å². The normalized spacial score (nSPS) is 28.9. The quantitative estimate of drug-likeness (QED) is 0.436. The minimum atomic E-state index is 0.223. The smallest absolute Gasteiger partial charge is 0.253 e. The zero-order valence-electron chi connectivity index (χ0n) is 21.0. The number of likely N-dealkylation sites (tertiary alicyclic amines) is 1. The Labute approximate surface area is 214 Å².